The van der Waals surface area contributed by atoms with Crippen LogP contribution in [0.5, 0.6) is 5.88 Å². The third-order valence-corrected chi connectivity index (χ3v) is 6.51. The van der Waals surface area contributed by atoms with Crippen molar-refractivity contribution in [3.8, 4) is 28.3 Å². The molecule has 2 aliphatic rings. The second kappa shape index (κ2) is 10.8. The number of nitrogens with one attached hydrogen (secondary N) is 1. The van der Waals surface area contributed by atoms with Crippen molar-refractivity contribution in [1.29, 1.82) is 0 Å². The number of aryl methyl sites for hydroxylation is 1. The molecule has 2 unspecified atom stereocenters. The Morgan fingerprint density at radius 3 is 2.45 bits per heavy atom. The van der Waals surface area contributed by atoms with Gasteiger partial charge in [0.05, 0.1) is 24.2 Å². The Hall–Kier alpha value is -3.31. The van der Waals surface area contributed by atoms with E-state index in [9.17, 15) is 13.7 Å². The number of hydrogen-bond donors (Lipinski definition) is 3. The lowest BCUT2D eigenvalue weighted by Crippen LogP contribution is -2.34. The first kappa shape index (κ1) is 26.3. The molecule has 4 aromatic rings. The number of nitrogens with zero attached hydrogens (tertiary/aromatic N) is 1. The number of aliphatic hydroxyl groups is 1. The zero-order valence-corrected chi connectivity index (χ0v) is 22.1. The lowest BCUT2D eigenvalue weighted by atomic mass is 9.98. The predicted molar refractivity (Wildman–Crippen MR) is 146 cm³/mol. The molecule has 2 aliphatic heterocycles. The molecule has 2 aromatic carbocycles. The van der Waals surface area contributed by atoms with E-state index in [0.717, 1.165) is 22.4 Å². The van der Waals surface area contributed by atoms with Crippen molar-refractivity contribution in [2.75, 3.05) is 31.5 Å². The molecule has 6 rings (SSSR count). The lowest BCUT2D eigenvalue weighted by molar-refractivity contribution is 0.00794. The molecule has 2 fully saturated rings. The summed E-state index contributed by atoms with van der Waals surface area (Å²) in [5.41, 5.74) is 11.8. The van der Waals surface area contributed by atoms with E-state index in [1.165, 1.54) is 6.07 Å². The van der Waals surface area contributed by atoms with Crippen molar-refractivity contribution >= 4 is 27.5 Å². The summed E-state index contributed by atoms with van der Waals surface area (Å²) in [6.07, 6.45) is 1.57. The summed E-state index contributed by atoms with van der Waals surface area (Å²) in [5, 5.41) is 9.90. The first-order valence-corrected chi connectivity index (χ1v) is 14.2. The van der Waals surface area contributed by atoms with Crippen LogP contribution in [0.3, 0.4) is 0 Å². The molecule has 0 saturated carbocycles. The number of nitrogens with two attached hydrogens (primary N) is 1. The maximum Gasteiger partial charge on any atom is 0.193 e. The third-order valence-electron chi connectivity index (χ3n) is 6.51. The summed E-state index contributed by atoms with van der Waals surface area (Å²) in [5.74, 6) is 0.0243. The van der Waals surface area contributed by atoms with Gasteiger partial charge < -0.3 is 30.0 Å². The van der Waals surface area contributed by atoms with Gasteiger partial charge in [0.1, 0.15) is 24.0 Å². The lowest BCUT2D eigenvalue weighted by Gasteiger charge is -2.16. The highest BCUT2D eigenvalue weighted by atomic mass is 32.2. The molecule has 38 heavy (non-hydrogen) atoms. The van der Waals surface area contributed by atoms with Crippen LogP contribution in [0.4, 0.5) is 10.1 Å². The van der Waals surface area contributed by atoms with E-state index in [0.29, 0.717) is 29.1 Å². The number of aromatic nitrogens is 2. The van der Waals surface area contributed by atoms with Crippen LogP contribution in [0.1, 0.15) is 5.56 Å². The van der Waals surface area contributed by atoms with Gasteiger partial charge in [0, 0.05) is 46.7 Å². The van der Waals surface area contributed by atoms with Gasteiger partial charge in [-0.25, -0.2) is 9.37 Å². The van der Waals surface area contributed by atoms with E-state index in [1.54, 1.807) is 18.6 Å². The van der Waals surface area contributed by atoms with Crippen LogP contribution in [0, 0.1) is 12.7 Å². The van der Waals surface area contributed by atoms with Gasteiger partial charge in [0.25, 0.3) is 0 Å². The molecule has 4 N–H and O–H groups in total. The molecule has 0 radical (unpaired) electrons. The third kappa shape index (κ3) is 5.44. The fraction of sp³-hybridized carbons (Fsp3) is 0.321. The van der Waals surface area contributed by atoms with E-state index in [2.05, 4.69) is 9.97 Å². The largest absolute Gasteiger partial charge is 0.470 e. The molecular weight excluding hydrogens is 509 g/mol. The van der Waals surface area contributed by atoms with Gasteiger partial charge >= 0.3 is 0 Å². The Morgan fingerprint density at radius 2 is 1.74 bits per heavy atom. The number of anilines is 1. The smallest absolute Gasteiger partial charge is 0.193 e. The monoisotopic (exact) mass is 539 g/mol. The van der Waals surface area contributed by atoms with Gasteiger partial charge in [-0.15, -0.1) is 0 Å². The minimum atomic E-state index is -0.644. The number of hydrogen-bond acceptors (Lipinski definition) is 7. The fourth-order valence-electron chi connectivity index (χ4n) is 4.80. The molecule has 2 saturated heterocycles. The Bertz CT molecular complexity index is 1470. The zero-order chi connectivity index (χ0) is 27.0. The zero-order valence-electron chi connectivity index (χ0n) is 21.3. The molecule has 10 heteroatoms. The fourth-order valence-corrected chi connectivity index (χ4v) is 4.80. The minimum absolute atomic E-state index is 0.231. The van der Waals surface area contributed by atoms with Crippen LogP contribution in [-0.2, 0) is 20.3 Å². The predicted octanol–water partition coefficient (Wildman–Crippen LogP) is 3.83. The Morgan fingerprint density at radius 1 is 1.05 bits per heavy atom. The molecule has 2 aromatic heterocycles. The second-order valence-electron chi connectivity index (χ2n) is 9.60. The van der Waals surface area contributed by atoms with Crippen LogP contribution < -0.4 is 10.5 Å². The maximum atomic E-state index is 15.0. The molecular formula is C28H30FN3O5S. The van der Waals surface area contributed by atoms with Gasteiger partial charge in [-0.2, -0.15) is 0 Å². The van der Waals surface area contributed by atoms with Crippen molar-refractivity contribution in [3.05, 3.63) is 66.0 Å². The number of aromatic amines is 1. The number of ether oxygens (including phenoxy) is 3. The van der Waals surface area contributed by atoms with Crippen LogP contribution in [-0.4, -0.2) is 69.4 Å². The van der Waals surface area contributed by atoms with Gasteiger partial charge in [0.15, 0.2) is 17.8 Å². The summed E-state index contributed by atoms with van der Waals surface area (Å²) in [6.45, 7) is 2.56. The summed E-state index contributed by atoms with van der Waals surface area (Å²) >= 11 is 0. The SMILES string of the molecule is CS(C)=O.Cc1cc(N)ccc1-c1ccc(-c2nc3cc(OC4CO[C@@H]5C(O)CO[C@H]45)[nH]c3cc2F)cc1. The number of H-pyrrole nitrogens is 1. The van der Waals surface area contributed by atoms with E-state index in [-0.39, 0.29) is 30.6 Å². The Labute approximate surface area is 222 Å². The number of fused-ring (bicyclic) bond motifs is 2. The minimum Gasteiger partial charge on any atom is -0.470 e. The number of halogens is 1. The number of benzene rings is 2. The highest BCUT2D eigenvalue weighted by Crippen LogP contribution is 2.33. The average Bonchev–Trinajstić information content (AvgIpc) is 3.55. The van der Waals surface area contributed by atoms with E-state index >= 15 is 0 Å². The van der Waals surface area contributed by atoms with Gasteiger partial charge in [-0.3, -0.25) is 4.21 Å². The summed E-state index contributed by atoms with van der Waals surface area (Å²) < 4.78 is 41.7. The molecule has 0 bridgehead atoms. The molecule has 4 atom stereocenters. The topological polar surface area (TPSA) is 120 Å². The van der Waals surface area contributed by atoms with E-state index in [1.807, 2.05) is 49.4 Å². The molecule has 4 heterocycles. The van der Waals surface area contributed by atoms with Crippen LogP contribution in [0.15, 0.2) is 54.6 Å². The van der Waals surface area contributed by atoms with Crippen molar-refractivity contribution < 1.29 is 27.9 Å². The van der Waals surface area contributed by atoms with Crippen molar-refractivity contribution in [2.45, 2.75) is 31.3 Å². The standard InChI is InChI=1S/C26H24FN3O4.C2H6OS/c1-13-8-16(28)6-7-17(13)14-2-4-15(5-3-14)24-18(27)9-19-20(30-24)10-23(29-19)34-22-12-33-25-21(31)11-32-26(22)25;1-4(2)3/h2-10,21-22,25-26,29,31H,11-12,28H2,1H3;1-2H3/t21?,22?,25-,26-;/m1./s1. The van der Waals surface area contributed by atoms with E-state index in [4.69, 9.17) is 19.9 Å². The highest BCUT2D eigenvalue weighted by molar-refractivity contribution is 7.83. The molecule has 200 valence electrons. The second-order valence-corrected chi connectivity index (χ2v) is 11.1. The molecule has 0 amide bonds. The first-order chi connectivity index (χ1) is 18.2. The van der Waals surface area contributed by atoms with Crippen molar-refractivity contribution in [1.82, 2.24) is 9.97 Å². The highest BCUT2D eigenvalue weighted by Gasteiger charge is 2.48. The van der Waals surface area contributed by atoms with Gasteiger partial charge in [-0.05, 0) is 35.7 Å². The summed E-state index contributed by atoms with van der Waals surface area (Å²) in [4.78, 5) is 7.61. The Balaban J connectivity index is 0.000000689. The molecule has 0 aliphatic carbocycles. The summed E-state index contributed by atoms with van der Waals surface area (Å²) in [6, 6.07) is 16.6. The van der Waals surface area contributed by atoms with E-state index < -0.39 is 22.7 Å². The molecule has 8 nitrogen and oxygen atoms in total. The Kier molecular flexibility index (Phi) is 7.49. The van der Waals surface area contributed by atoms with Crippen LogP contribution in [0.25, 0.3) is 33.4 Å². The van der Waals surface area contributed by atoms with Gasteiger partial charge in [-0.1, -0.05) is 30.3 Å². The number of nitrogen functional groups attached to an aromatic ring is 1. The van der Waals surface area contributed by atoms with Crippen molar-refractivity contribution in [2.24, 2.45) is 0 Å². The quantitative estimate of drug-likeness (QED) is 0.337. The maximum absolute atomic E-state index is 15.0. The van der Waals surface area contributed by atoms with Gasteiger partial charge in [0.2, 0.25) is 0 Å². The van der Waals surface area contributed by atoms with Crippen molar-refractivity contribution in [3.63, 3.8) is 0 Å². The summed E-state index contributed by atoms with van der Waals surface area (Å²) in [7, 11) is -0.611. The van der Waals surface area contributed by atoms with Crippen LogP contribution >= 0.6 is 0 Å². The first-order valence-electron chi connectivity index (χ1n) is 12.2. The van der Waals surface area contributed by atoms with Crippen LogP contribution in [0.2, 0.25) is 0 Å². The average molecular weight is 540 g/mol. The number of aliphatic hydroxyl groups excluding tert-OH is 1. The number of pyridine rings is 1. The molecule has 0 spiro atoms. The normalized spacial score (nSPS) is 22.4. The number of rotatable bonds is 4.